The fraction of sp³-hybridized carbons (Fsp3) is 0.750. The lowest BCUT2D eigenvalue weighted by atomic mass is 9.87. The van der Waals surface area contributed by atoms with Crippen molar-refractivity contribution >= 4 is 53.7 Å². The van der Waals surface area contributed by atoms with Crippen molar-refractivity contribution in [1.29, 1.82) is 0 Å². The van der Waals surface area contributed by atoms with Crippen molar-refractivity contribution in [3.63, 3.8) is 0 Å². The molecule has 91 heavy (non-hydrogen) atoms. The van der Waals surface area contributed by atoms with E-state index < -0.39 is 16.8 Å². The largest absolute Gasteiger partial charge is 0.464 e. The summed E-state index contributed by atoms with van der Waals surface area (Å²) in [6.07, 6.45) is 34.3. The van der Waals surface area contributed by atoms with Crippen LogP contribution in [0.2, 0.25) is 0 Å². The van der Waals surface area contributed by atoms with Crippen LogP contribution in [0.5, 0.6) is 0 Å². The molecule has 4 heterocycles. The number of esters is 8. The molecular weight excluding hydrogens is 1180 g/mol. The van der Waals surface area contributed by atoms with Gasteiger partial charge in [-0.3, -0.25) is 38.4 Å². The van der Waals surface area contributed by atoms with E-state index in [9.17, 15) is 43.2 Å². The molecule has 12 aliphatic rings. The highest BCUT2D eigenvalue weighted by molar-refractivity contribution is 5.77. The van der Waals surface area contributed by atoms with Crippen LogP contribution in [0.1, 0.15) is 161 Å². The summed E-state index contributed by atoms with van der Waals surface area (Å²) in [5.41, 5.74) is -2.49. The fourth-order valence-corrected chi connectivity index (χ4v) is 13.7. The lowest BCUT2D eigenvalue weighted by Gasteiger charge is -2.34. The number of carbonyl (C=O) groups is 9. The van der Waals surface area contributed by atoms with E-state index in [4.69, 9.17) is 62.1 Å². The van der Waals surface area contributed by atoms with Gasteiger partial charge in [-0.05, 0) is 154 Å². The van der Waals surface area contributed by atoms with Crippen LogP contribution in [-0.4, -0.2) is 161 Å². The van der Waals surface area contributed by atoms with Gasteiger partial charge < -0.3 is 61.7 Å². The van der Waals surface area contributed by atoms with E-state index in [0.29, 0.717) is 103 Å². The first-order valence-corrected chi connectivity index (χ1v) is 33.4. The Kier molecular flexibility index (Phi) is 24.0. The lowest BCUT2D eigenvalue weighted by molar-refractivity contribution is -0.231. The smallest absolute Gasteiger partial charge is 0.339 e. The number of epoxide rings is 4. The summed E-state index contributed by atoms with van der Waals surface area (Å²) in [6, 6.07) is 0. The first kappa shape index (κ1) is 67.9. The van der Waals surface area contributed by atoms with Gasteiger partial charge in [0.25, 0.3) is 0 Å². The molecule has 4 saturated heterocycles. The molecule has 8 aliphatic carbocycles. The van der Waals surface area contributed by atoms with Gasteiger partial charge in [0.2, 0.25) is 0 Å². The van der Waals surface area contributed by atoms with Gasteiger partial charge in [0.15, 0.2) is 0 Å². The molecule has 23 heteroatoms. The van der Waals surface area contributed by atoms with Crippen molar-refractivity contribution in [3.05, 3.63) is 48.6 Å². The van der Waals surface area contributed by atoms with E-state index in [2.05, 4.69) is 4.89 Å². The SMILES string of the molecule is CC(=O)OO.O=C(OCC(COC(=O)C1CC=CCC1)(COC(=O)C1CC=CCC1)COC(=O)C1CC=CCC1)C1CC=CCC1.O=C(OCC(COC(=O)C1CCC2OC2C1)(COC(=O)C1CCC2OC2C1)COC(=O)C1CCC2OC2C1)C1CCC2OC2C1. The predicted molar refractivity (Wildman–Crippen MR) is 317 cm³/mol. The van der Waals surface area contributed by atoms with Gasteiger partial charge in [0.1, 0.15) is 63.7 Å². The third-order valence-corrected chi connectivity index (χ3v) is 20.1. The summed E-state index contributed by atoms with van der Waals surface area (Å²) in [6.45, 7) is -0.555. The molecule has 0 aromatic heterocycles. The average Bonchev–Trinajstić information content (AvgIpc) is 2.15. The van der Waals surface area contributed by atoms with Crippen LogP contribution in [0.4, 0.5) is 0 Å². The molecule has 12 rings (SSSR count). The molecule has 0 amide bonds. The van der Waals surface area contributed by atoms with Crippen LogP contribution >= 0.6 is 0 Å². The van der Waals surface area contributed by atoms with Crippen molar-refractivity contribution in [2.45, 2.75) is 210 Å². The summed E-state index contributed by atoms with van der Waals surface area (Å²) < 4.78 is 69.1. The Hall–Kier alpha value is -6.01. The number of hydrogen-bond donors (Lipinski definition) is 1. The van der Waals surface area contributed by atoms with E-state index >= 15 is 0 Å². The molecule has 0 aromatic carbocycles. The first-order valence-electron chi connectivity index (χ1n) is 33.4. The maximum atomic E-state index is 13.2. The highest BCUT2D eigenvalue weighted by atomic mass is 17.1. The molecule has 0 spiro atoms. The minimum absolute atomic E-state index is 0.102. The number of hydrogen-bond acceptors (Lipinski definition) is 23. The van der Waals surface area contributed by atoms with E-state index in [1.54, 1.807) is 0 Å². The molecule has 1 N–H and O–H groups in total. The average molecular weight is 1280 g/mol. The molecule has 4 aliphatic heterocycles. The van der Waals surface area contributed by atoms with Crippen LogP contribution in [0.15, 0.2) is 48.6 Å². The Balaban J connectivity index is 0.000000187. The second kappa shape index (κ2) is 32.2. The summed E-state index contributed by atoms with van der Waals surface area (Å²) in [5.74, 6) is -5.79. The summed E-state index contributed by atoms with van der Waals surface area (Å²) in [7, 11) is 0. The molecule has 16 atom stereocenters. The number of rotatable bonds is 24. The first-order chi connectivity index (χ1) is 44.0. The Labute approximate surface area is 531 Å². The van der Waals surface area contributed by atoms with Crippen LogP contribution in [0.3, 0.4) is 0 Å². The Bertz CT molecular complexity index is 2350. The van der Waals surface area contributed by atoms with Crippen molar-refractivity contribution in [2.75, 3.05) is 52.9 Å². The fourth-order valence-electron chi connectivity index (χ4n) is 13.7. The van der Waals surface area contributed by atoms with E-state index in [1.165, 1.54) is 0 Å². The van der Waals surface area contributed by atoms with Gasteiger partial charge >= 0.3 is 53.7 Å². The van der Waals surface area contributed by atoms with Gasteiger partial charge in [0.05, 0.1) is 96.2 Å². The number of carbonyl (C=O) groups excluding carboxylic acids is 9. The molecule has 8 fully saturated rings. The highest BCUT2D eigenvalue weighted by Crippen LogP contribution is 2.44. The second-order valence-electron chi connectivity index (χ2n) is 27.3. The quantitative estimate of drug-likeness (QED) is 0.0239. The molecular formula is C68H92O23. The molecule has 0 bridgehead atoms. The van der Waals surface area contributed by atoms with Crippen LogP contribution in [-0.2, 0) is 105 Å². The van der Waals surface area contributed by atoms with E-state index in [0.717, 1.165) is 58.3 Å². The Morgan fingerprint density at radius 3 is 0.670 bits per heavy atom. The zero-order valence-corrected chi connectivity index (χ0v) is 52.4. The molecule has 0 radical (unpaired) electrons. The maximum Gasteiger partial charge on any atom is 0.339 e. The Morgan fingerprint density at radius 2 is 0.505 bits per heavy atom. The number of ether oxygens (including phenoxy) is 12. The van der Waals surface area contributed by atoms with E-state index in [-0.39, 0.29) is 197 Å². The molecule has 23 nitrogen and oxygen atoms in total. The number of allylic oxidation sites excluding steroid dienone is 8. The predicted octanol–water partition coefficient (Wildman–Crippen LogP) is 8.01. The minimum Gasteiger partial charge on any atom is -0.464 e. The van der Waals surface area contributed by atoms with Gasteiger partial charge in [-0.2, -0.15) is 5.26 Å². The van der Waals surface area contributed by atoms with Gasteiger partial charge in [-0.15, -0.1) is 0 Å². The van der Waals surface area contributed by atoms with Crippen LogP contribution in [0.25, 0.3) is 0 Å². The summed E-state index contributed by atoms with van der Waals surface area (Å²) >= 11 is 0. The van der Waals surface area contributed by atoms with Crippen molar-refractivity contribution in [2.24, 2.45) is 58.2 Å². The molecule has 502 valence electrons. The second-order valence-corrected chi connectivity index (χ2v) is 27.3. The van der Waals surface area contributed by atoms with Gasteiger partial charge in [0, 0.05) is 6.92 Å². The van der Waals surface area contributed by atoms with Crippen LogP contribution in [0, 0.1) is 58.2 Å². The van der Waals surface area contributed by atoms with Crippen molar-refractivity contribution in [3.8, 4) is 0 Å². The number of fused-ring (bicyclic) bond motifs is 4. The third-order valence-electron chi connectivity index (χ3n) is 20.1. The highest BCUT2D eigenvalue weighted by Gasteiger charge is 2.51. The van der Waals surface area contributed by atoms with Crippen molar-refractivity contribution < 1.29 is 110 Å². The zero-order chi connectivity index (χ0) is 63.9. The monoisotopic (exact) mass is 1280 g/mol. The van der Waals surface area contributed by atoms with Crippen molar-refractivity contribution in [1.82, 2.24) is 0 Å². The van der Waals surface area contributed by atoms with Gasteiger partial charge in [-0.25, -0.2) is 4.79 Å². The zero-order valence-electron chi connectivity index (χ0n) is 52.4. The molecule has 0 aromatic rings. The van der Waals surface area contributed by atoms with Gasteiger partial charge in [-0.1, -0.05) is 48.6 Å². The summed E-state index contributed by atoms with van der Waals surface area (Å²) in [4.78, 5) is 117. The minimum atomic E-state index is -1.27. The molecule has 4 saturated carbocycles. The molecule has 16 unspecified atom stereocenters. The van der Waals surface area contributed by atoms with E-state index in [1.807, 2.05) is 48.6 Å². The van der Waals surface area contributed by atoms with Crippen LogP contribution < -0.4 is 0 Å². The summed E-state index contributed by atoms with van der Waals surface area (Å²) in [5, 5.41) is 7.29. The standard InChI is InChI=1S/C33H44O12.C33H44O8.C2H4O3/c34-29(17-1-5-21-25(9-17)42-21)38-13-33(14-39-30(35)18-2-6-22-26(10-18)43-22,15-40-31(36)19-3-7-23-27(11-19)44-23)16-41-32(37)20-4-8-24-28(12-20)45-24;34-29(25-13-5-1-6-14-25)38-21-33(22-39-30(35)26-15-7-2-8-16-26,23-40-31(36)27-17-9-3-10-18-27)24-41-32(37)28-19-11-4-12-20-28;1-2(3)5-4/h17-28H,1-16H2;1-5,7,9,11,25-28H,6,8,10,12-24H2;4H,1H3. The Morgan fingerprint density at radius 1 is 0.308 bits per heavy atom. The third kappa shape index (κ3) is 20.0. The lowest BCUT2D eigenvalue weighted by Crippen LogP contribution is -2.46. The topological polar surface area (TPSA) is 307 Å². The normalized spacial score (nSPS) is 33.8. The maximum absolute atomic E-state index is 13.2.